The Morgan fingerprint density at radius 1 is 1.57 bits per heavy atom. The molecule has 0 spiro atoms. The van der Waals surface area contributed by atoms with Gasteiger partial charge < -0.3 is 4.74 Å². The molecule has 0 aromatic heterocycles. The quantitative estimate of drug-likeness (QED) is 0.783. The van der Waals surface area contributed by atoms with Crippen LogP contribution >= 0.6 is 0 Å². The molecule has 1 aliphatic rings. The maximum absolute atomic E-state index is 12.0. The summed E-state index contributed by atoms with van der Waals surface area (Å²) in [4.78, 5) is 0. The monoisotopic (exact) mass is 220 g/mol. The molecule has 0 aliphatic carbocycles. The zero-order valence-corrected chi connectivity index (χ0v) is 9.97. The normalized spacial score (nSPS) is 33.9. The third kappa shape index (κ3) is 2.46. The van der Waals surface area contributed by atoms with Crippen LogP contribution in [-0.2, 0) is 14.7 Å². The first-order chi connectivity index (χ1) is 6.49. The summed E-state index contributed by atoms with van der Waals surface area (Å²) in [6.07, 6.45) is 0.868. The van der Waals surface area contributed by atoms with E-state index < -0.39 is 9.92 Å². The molecule has 84 valence electrons. The number of hydrogen-bond donors (Lipinski definition) is 1. The lowest BCUT2D eigenvalue weighted by atomic mass is 10.2. The molecule has 3 atom stereocenters. The standard InChI is InChI=1S/C9H20N2O2S/c1-4-7-14(10,12)11-5-6-13-9(3)8(11)2/h8-10H,4-7H2,1-3H3. The van der Waals surface area contributed by atoms with Gasteiger partial charge in [0.1, 0.15) is 9.92 Å². The van der Waals surface area contributed by atoms with Crippen molar-refractivity contribution in [2.24, 2.45) is 0 Å². The van der Waals surface area contributed by atoms with Crippen molar-refractivity contribution in [3.8, 4) is 0 Å². The van der Waals surface area contributed by atoms with Crippen LogP contribution in [0.2, 0.25) is 0 Å². The maximum atomic E-state index is 12.0. The summed E-state index contributed by atoms with van der Waals surface area (Å²) < 4.78 is 27.1. The molecule has 0 saturated carbocycles. The smallest absolute Gasteiger partial charge is 0.108 e. The third-order valence-electron chi connectivity index (χ3n) is 2.69. The molecular formula is C9H20N2O2S. The second-order valence-corrected chi connectivity index (χ2v) is 5.96. The average molecular weight is 220 g/mol. The van der Waals surface area contributed by atoms with Crippen molar-refractivity contribution in [1.82, 2.24) is 4.31 Å². The zero-order chi connectivity index (χ0) is 10.8. The molecule has 4 nitrogen and oxygen atoms in total. The molecule has 5 heteroatoms. The van der Waals surface area contributed by atoms with E-state index in [9.17, 15) is 4.21 Å². The van der Waals surface area contributed by atoms with Gasteiger partial charge in [-0.25, -0.2) is 13.3 Å². The fourth-order valence-corrected chi connectivity index (χ4v) is 3.58. The number of ether oxygens (including phenoxy) is 1. The molecule has 1 heterocycles. The average Bonchev–Trinajstić information content (AvgIpc) is 2.09. The van der Waals surface area contributed by atoms with E-state index in [-0.39, 0.29) is 12.1 Å². The summed E-state index contributed by atoms with van der Waals surface area (Å²) in [5, 5.41) is 0. The van der Waals surface area contributed by atoms with Gasteiger partial charge in [-0.3, -0.25) is 0 Å². The van der Waals surface area contributed by atoms with Gasteiger partial charge >= 0.3 is 0 Å². The molecule has 3 unspecified atom stereocenters. The van der Waals surface area contributed by atoms with E-state index >= 15 is 0 Å². The second kappa shape index (κ2) is 4.59. The van der Waals surface area contributed by atoms with Gasteiger partial charge in [-0.05, 0) is 20.3 Å². The van der Waals surface area contributed by atoms with E-state index in [0.717, 1.165) is 6.42 Å². The van der Waals surface area contributed by atoms with E-state index in [1.54, 1.807) is 4.31 Å². The fraction of sp³-hybridized carbons (Fsp3) is 1.00. The SMILES string of the molecule is CCCS(=N)(=O)N1CCOC(C)C1C. The summed E-state index contributed by atoms with van der Waals surface area (Å²) in [5.74, 6) is 0.462. The first kappa shape index (κ1) is 11.9. The number of nitrogens with zero attached hydrogens (tertiary/aromatic N) is 1. The highest BCUT2D eigenvalue weighted by molar-refractivity contribution is 7.90. The van der Waals surface area contributed by atoms with Crippen LogP contribution in [0.25, 0.3) is 0 Å². The highest BCUT2D eigenvalue weighted by atomic mass is 32.2. The lowest BCUT2D eigenvalue weighted by Gasteiger charge is -2.38. The summed E-state index contributed by atoms with van der Waals surface area (Å²) in [6.45, 7) is 7.12. The Morgan fingerprint density at radius 2 is 2.21 bits per heavy atom. The third-order valence-corrected chi connectivity index (χ3v) is 4.92. The molecular weight excluding hydrogens is 200 g/mol. The van der Waals surface area contributed by atoms with Crippen LogP contribution in [0.1, 0.15) is 27.2 Å². The number of rotatable bonds is 3. The van der Waals surface area contributed by atoms with Crippen LogP contribution < -0.4 is 0 Å². The van der Waals surface area contributed by atoms with Crippen LogP contribution in [0.3, 0.4) is 0 Å². The van der Waals surface area contributed by atoms with Crippen molar-refractivity contribution in [2.45, 2.75) is 39.3 Å². The van der Waals surface area contributed by atoms with Crippen molar-refractivity contribution in [2.75, 3.05) is 18.9 Å². The van der Waals surface area contributed by atoms with Gasteiger partial charge in [0.05, 0.1) is 12.7 Å². The lowest BCUT2D eigenvalue weighted by molar-refractivity contribution is -0.0221. The summed E-state index contributed by atoms with van der Waals surface area (Å²) in [7, 11) is -2.56. The second-order valence-electron chi connectivity index (χ2n) is 3.80. The van der Waals surface area contributed by atoms with E-state index in [0.29, 0.717) is 18.9 Å². The Hall–Kier alpha value is -0.130. The van der Waals surface area contributed by atoms with Gasteiger partial charge in [0.15, 0.2) is 0 Å². The highest BCUT2D eigenvalue weighted by Crippen LogP contribution is 2.18. The predicted octanol–water partition coefficient (Wildman–Crippen LogP) is 1.47. The van der Waals surface area contributed by atoms with Gasteiger partial charge in [-0.1, -0.05) is 6.92 Å². The van der Waals surface area contributed by atoms with Gasteiger partial charge in [-0.2, -0.15) is 0 Å². The van der Waals surface area contributed by atoms with E-state index in [1.165, 1.54) is 0 Å². The lowest BCUT2D eigenvalue weighted by Crippen LogP contribution is -2.51. The highest BCUT2D eigenvalue weighted by Gasteiger charge is 2.31. The molecule has 0 amide bonds. The first-order valence-corrected chi connectivity index (χ1v) is 6.82. The summed E-state index contributed by atoms with van der Waals surface area (Å²) >= 11 is 0. The zero-order valence-electron chi connectivity index (χ0n) is 9.16. The fourth-order valence-electron chi connectivity index (χ4n) is 1.72. The predicted molar refractivity (Wildman–Crippen MR) is 57.6 cm³/mol. The molecule has 0 aromatic carbocycles. The van der Waals surface area contributed by atoms with Crippen molar-refractivity contribution < 1.29 is 8.95 Å². The minimum Gasteiger partial charge on any atom is -0.375 e. The van der Waals surface area contributed by atoms with Crippen LogP contribution in [0.5, 0.6) is 0 Å². The Morgan fingerprint density at radius 3 is 2.79 bits per heavy atom. The van der Waals surface area contributed by atoms with Gasteiger partial charge in [0.25, 0.3) is 0 Å². The Bertz CT molecular complexity index is 277. The first-order valence-electron chi connectivity index (χ1n) is 5.14. The van der Waals surface area contributed by atoms with Crippen LogP contribution in [-0.4, -0.2) is 39.6 Å². The van der Waals surface area contributed by atoms with Crippen molar-refractivity contribution in [1.29, 1.82) is 4.78 Å². The van der Waals surface area contributed by atoms with E-state index in [4.69, 9.17) is 9.52 Å². The summed E-state index contributed by atoms with van der Waals surface area (Å²) in [5.41, 5.74) is 0. The van der Waals surface area contributed by atoms with Gasteiger partial charge in [0.2, 0.25) is 0 Å². The molecule has 0 radical (unpaired) electrons. The maximum Gasteiger partial charge on any atom is 0.108 e. The molecule has 14 heavy (non-hydrogen) atoms. The Labute approximate surface area is 86.7 Å². The number of morpholine rings is 1. The molecule has 1 fully saturated rings. The number of nitrogens with one attached hydrogen (secondary N) is 1. The van der Waals surface area contributed by atoms with Crippen LogP contribution in [0.15, 0.2) is 0 Å². The van der Waals surface area contributed by atoms with Crippen molar-refractivity contribution >= 4 is 9.92 Å². The molecule has 0 bridgehead atoms. The van der Waals surface area contributed by atoms with E-state index in [2.05, 4.69) is 0 Å². The summed E-state index contributed by atoms with van der Waals surface area (Å²) in [6, 6.07) is 0.0836. The largest absolute Gasteiger partial charge is 0.375 e. The molecule has 1 saturated heterocycles. The minimum atomic E-state index is -2.56. The van der Waals surface area contributed by atoms with Gasteiger partial charge in [0, 0.05) is 18.3 Å². The molecule has 0 aromatic rings. The Kier molecular flexibility index (Phi) is 3.92. The minimum absolute atomic E-state index is 0.0757. The Balaban J connectivity index is 2.76. The van der Waals surface area contributed by atoms with Crippen LogP contribution in [0.4, 0.5) is 0 Å². The van der Waals surface area contributed by atoms with E-state index in [1.807, 2.05) is 20.8 Å². The molecule has 1 rings (SSSR count). The van der Waals surface area contributed by atoms with Crippen molar-refractivity contribution in [3.05, 3.63) is 0 Å². The van der Waals surface area contributed by atoms with Crippen LogP contribution in [0, 0.1) is 4.78 Å². The molecule has 1 aliphatic heterocycles. The molecule has 1 N–H and O–H groups in total. The number of hydrogen-bond acceptors (Lipinski definition) is 3. The topological polar surface area (TPSA) is 53.4 Å². The van der Waals surface area contributed by atoms with Gasteiger partial charge in [-0.15, -0.1) is 0 Å². The van der Waals surface area contributed by atoms with Crippen molar-refractivity contribution in [3.63, 3.8) is 0 Å².